The van der Waals surface area contributed by atoms with Crippen molar-refractivity contribution in [1.82, 2.24) is 4.31 Å². The third kappa shape index (κ3) is 3.52. The van der Waals surface area contributed by atoms with E-state index in [-0.39, 0.29) is 5.91 Å². The fourth-order valence-electron chi connectivity index (χ4n) is 3.73. The van der Waals surface area contributed by atoms with Crippen molar-refractivity contribution in [2.75, 3.05) is 11.9 Å². The molecule has 1 N–H and O–H groups in total. The number of nitrogens with one attached hydrogen (secondary N) is 1. The Kier molecular flexibility index (Phi) is 5.16. The van der Waals surface area contributed by atoms with Crippen LogP contribution in [0.2, 0.25) is 0 Å². The van der Waals surface area contributed by atoms with Gasteiger partial charge >= 0.3 is 0 Å². The van der Waals surface area contributed by atoms with Crippen LogP contribution in [0.3, 0.4) is 0 Å². The number of nitrogens with zero attached hydrogens (tertiary/aromatic N) is 1. The van der Waals surface area contributed by atoms with Gasteiger partial charge in [-0.3, -0.25) is 4.79 Å². The first-order valence-electron chi connectivity index (χ1n) is 8.76. The van der Waals surface area contributed by atoms with Gasteiger partial charge in [0.15, 0.2) is 0 Å². The van der Waals surface area contributed by atoms with Crippen LogP contribution in [0.5, 0.6) is 0 Å². The van der Waals surface area contributed by atoms with Gasteiger partial charge in [0.1, 0.15) is 6.04 Å². The Balaban J connectivity index is 1.91. The van der Waals surface area contributed by atoms with Gasteiger partial charge in [-0.1, -0.05) is 35.9 Å². The second-order valence-electron chi connectivity index (χ2n) is 6.86. The zero-order valence-electron chi connectivity index (χ0n) is 15.3. The number of rotatable bonds is 4. The molecule has 1 atom stereocenters. The van der Waals surface area contributed by atoms with Crippen LogP contribution in [0.25, 0.3) is 0 Å². The number of benzene rings is 2. The van der Waals surface area contributed by atoms with Gasteiger partial charge in [-0.05, 0) is 56.9 Å². The van der Waals surface area contributed by atoms with Crippen molar-refractivity contribution in [2.24, 2.45) is 0 Å². The van der Waals surface area contributed by atoms with Crippen LogP contribution in [0.1, 0.15) is 29.5 Å². The van der Waals surface area contributed by atoms with Crippen LogP contribution in [-0.4, -0.2) is 31.2 Å². The van der Waals surface area contributed by atoms with E-state index in [9.17, 15) is 13.2 Å². The maximum Gasteiger partial charge on any atom is 0.244 e. The number of hydrogen-bond acceptors (Lipinski definition) is 3. The molecule has 0 aromatic heterocycles. The van der Waals surface area contributed by atoms with Crippen LogP contribution in [-0.2, 0) is 14.8 Å². The molecule has 1 fully saturated rings. The van der Waals surface area contributed by atoms with E-state index >= 15 is 0 Å². The minimum absolute atomic E-state index is 0.278. The van der Waals surface area contributed by atoms with E-state index in [1.807, 2.05) is 51.1 Å². The lowest BCUT2D eigenvalue weighted by atomic mass is 10.1. The third-order valence-corrected chi connectivity index (χ3v) is 6.93. The summed E-state index contributed by atoms with van der Waals surface area (Å²) in [4.78, 5) is 13.0. The van der Waals surface area contributed by atoms with Gasteiger partial charge in [0.25, 0.3) is 0 Å². The summed E-state index contributed by atoms with van der Waals surface area (Å²) in [7, 11) is -3.73. The fourth-order valence-corrected chi connectivity index (χ4v) is 5.80. The standard InChI is InChI=1S/C20H24N2O3S/c1-14-12-15(2)19(16(3)13-14)26(24,25)22-11-7-10-18(22)20(23)21-17-8-5-4-6-9-17/h4-6,8-9,12-13,18H,7,10-11H2,1-3H3,(H,21,23)/t18-/m1/s1. The van der Waals surface area contributed by atoms with Gasteiger partial charge in [0, 0.05) is 12.2 Å². The molecule has 0 bridgehead atoms. The molecule has 0 spiro atoms. The lowest BCUT2D eigenvalue weighted by molar-refractivity contribution is -0.119. The monoisotopic (exact) mass is 372 g/mol. The molecular formula is C20H24N2O3S. The number of hydrogen-bond donors (Lipinski definition) is 1. The minimum Gasteiger partial charge on any atom is -0.325 e. The Bertz CT molecular complexity index is 900. The number of sulfonamides is 1. The van der Waals surface area contributed by atoms with E-state index in [0.717, 1.165) is 16.7 Å². The average Bonchev–Trinajstić information content (AvgIpc) is 3.05. The molecule has 3 rings (SSSR count). The van der Waals surface area contributed by atoms with E-state index in [4.69, 9.17) is 0 Å². The molecule has 26 heavy (non-hydrogen) atoms. The Morgan fingerprint density at radius 1 is 1.08 bits per heavy atom. The molecule has 1 saturated heterocycles. The zero-order valence-corrected chi connectivity index (χ0v) is 16.1. The second-order valence-corrected chi connectivity index (χ2v) is 8.68. The molecule has 1 amide bonds. The van der Waals surface area contributed by atoms with Crippen molar-refractivity contribution in [1.29, 1.82) is 0 Å². The first kappa shape index (κ1) is 18.6. The summed E-state index contributed by atoms with van der Waals surface area (Å²) in [6.45, 7) is 5.92. The maximum absolute atomic E-state index is 13.3. The number of carbonyl (C=O) groups excluding carboxylic acids is 1. The summed E-state index contributed by atoms with van der Waals surface area (Å²) in [5.74, 6) is -0.278. The highest BCUT2D eigenvalue weighted by Gasteiger charge is 2.40. The molecule has 6 heteroatoms. The minimum atomic E-state index is -3.73. The predicted octanol–water partition coefficient (Wildman–Crippen LogP) is 3.40. The highest BCUT2D eigenvalue weighted by Crippen LogP contribution is 2.31. The van der Waals surface area contributed by atoms with Crippen LogP contribution >= 0.6 is 0 Å². The van der Waals surface area contributed by atoms with Gasteiger partial charge in [-0.2, -0.15) is 4.31 Å². The third-order valence-electron chi connectivity index (χ3n) is 4.72. The van der Waals surface area contributed by atoms with Crippen molar-refractivity contribution in [2.45, 2.75) is 44.6 Å². The summed E-state index contributed by atoms with van der Waals surface area (Å²) in [6, 6.07) is 12.2. The van der Waals surface area contributed by atoms with Crippen LogP contribution in [0, 0.1) is 20.8 Å². The van der Waals surface area contributed by atoms with Gasteiger partial charge in [0.2, 0.25) is 15.9 Å². The normalized spacial score (nSPS) is 18.0. The van der Waals surface area contributed by atoms with E-state index in [1.54, 1.807) is 12.1 Å². The lowest BCUT2D eigenvalue weighted by Gasteiger charge is -2.25. The van der Waals surface area contributed by atoms with Crippen molar-refractivity contribution >= 4 is 21.6 Å². The average molecular weight is 372 g/mol. The molecule has 138 valence electrons. The largest absolute Gasteiger partial charge is 0.325 e. The summed E-state index contributed by atoms with van der Waals surface area (Å²) < 4.78 is 28.0. The molecule has 0 radical (unpaired) electrons. The van der Waals surface area contributed by atoms with Crippen LogP contribution in [0.4, 0.5) is 5.69 Å². The predicted molar refractivity (Wildman–Crippen MR) is 103 cm³/mol. The highest BCUT2D eigenvalue weighted by molar-refractivity contribution is 7.89. The Morgan fingerprint density at radius 2 is 1.69 bits per heavy atom. The van der Waals surface area contributed by atoms with Gasteiger partial charge in [-0.15, -0.1) is 0 Å². The second kappa shape index (κ2) is 7.21. The number of carbonyl (C=O) groups is 1. The number of amides is 1. The number of para-hydroxylation sites is 1. The molecule has 1 heterocycles. The molecule has 1 aliphatic rings. The van der Waals surface area contributed by atoms with Crippen LogP contribution < -0.4 is 5.32 Å². The SMILES string of the molecule is Cc1cc(C)c(S(=O)(=O)N2CCC[C@@H]2C(=O)Nc2ccccc2)c(C)c1. The van der Waals surface area contributed by atoms with Gasteiger partial charge in [0.05, 0.1) is 4.90 Å². The molecule has 2 aromatic carbocycles. The first-order chi connectivity index (χ1) is 12.3. The number of anilines is 1. The summed E-state index contributed by atoms with van der Waals surface area (Å²) in [6.07, 6.45) is 1.21. The summed E-state index contributed by atoms with van der Waals surface area (Å²) >= 11 is 0. The molecule has 0 saturated carbocycles. The molecule has 0 aliphatic carbocycles. The van der Waals surface area contributed by atoms with E-state index in [0.29, 0.717) is 30.0 Å². The Labute approximate surface area is 155 Å². The van der Waals surface area contributed by atoms with E-state index in [1.165, 1.54) is 4.31 Å². The van der Waals surface area contributed by atoms with E-state index in [2.05, 4.69) is 5.32 Å². The molecule has 1 aliphatic heterocycles. The van der Waals surface area contributed by atoms with Crippen molar-refractivity contribution in [3.63, 3.8) is 0 Å². The van der Waals surface area contributed by atoms with Gasteiger partial charge < -0.3 is 5.32 Å². The maximum atomic E-state index is 13.3. The highest BCUT2D eigenvalue weighted by atomic mass is 32.2. The molecule has 0 unspecified atom stereocenters. The van der Waals surface area contributed by atoms with Crippen LogP contribution in [0.15, 0.2) is 47.4 Å². The van der Waals surface area contributed by atoms with Crippen molar-refractivity contribution in [3.05, 3.63) is 59.2 Å². The molecule has 2 aromatic rings. The lowest BCUT2D eigenvalue weighted by Crippen LogP contribution is -2.43. The number of aryl methyl sites for hydroxylation is 3. The topological polar surface area (TPSA) is 66.5 Å². The van der Waals surface area contributed by atoms with E-state index < -0.39 is 16.1 Å². The van der Waals surface area contributed by atoms with Crippen molar-refractivity contribution < 1.29 is 13.2 Å². The smallest absolute Gasteiger partial charge is 0.244 e. The summed E-state index contributed by atoms with van der Waals surface area (Å²) in [5, 5.41) is 2.83. The Morgan fingerprint density at radius 3 is 2.31 bits per heavy atom. The first-order valence-corrected chi connectivity index (χ1v) is 10.2. The van der Waals surface area contributed by atoms with Gasteiger partial charge in [-0.25, -0.2) is 8.42 Å². The van der Waals surface area contributed by atoms with Crippen molar-refractivity contribution in [3.8, 4) is 0 Å². The zero-order chi connectivity index (χ0) is 18.9. The molecule has 5 nitrogen and oxygen atoms in total. The quantitative estimate of drug-likeness (QED) is 0.894. The molecular weight excluding hydrogens is 348 g/mol. The Hall–Kier alpha value is -2.18. The summed E-state index contributed by atoms with van der Waals surface area (Å²) in [5.41, 5.74) is 3.14. The fraction of sp³-hybridized carbons (Fsp3) is 0.350.